The minimum absolute atomic E-state index is 0.661. The van der Waals surface area contributed by atoms with Crippen LogP contribution in [0.5, 0.6) is 11.5 Å². The zero-order valence-corrected chi connectivity index (χ0v) is 16.7. The van der Waals surface area contributed by atoms with Gasteiger partial charge in [-0.15, -0.1) is 0 Å². The molecule has 0 spiro atoms. The van der Waals surface area contributed by atoms with Crippen LogP contribution < -0.4 is 14.2 Å². The minimum Gasteiger partial charge on any atom is -0.495 e. The molecule has 0 aliphatic carbocycles. The summed E-state index contributed by atoms with van der Waals surface area (Å²) in [6.45, 7) is 2.07. The first-order chi connectivity index (χ1) is 13.7. The maximum atomic E-state index is 5.70. The van der Waals surface area contributed by atoms with Crippen molar-refractivity contribution in [2.45, 2.75) is 11.8 Å². The third-order valence-electron chi connectivity index (χ3n) is 4.43. The van der Waals surface area contributed by atoms with Crippen molar-refractivity contribution in [2.75, 3.05) is 18.9 Å². The Hall–Kier alpha value is -3.12. The number of ether oxygens (including phenoxy) is 2. The molecule has 4 rings (SSSR count). The van der Waals surface area contributed by atoms with Crippen molar-refractivity contribution < 1.29 is 14.0 Å². The average Bonchev–Trinajstić information content (AvgIpc) is 3.14. The monoisotopic (exact) mass is 392 g/mol. The lowest BCUT2D eigenvalue weighted by atomic mass is 10.0. The number of fused-ring (bicyclic) bond motifs is 1. The summed E-state index contributed by atoms with van der Waals surface area (Å²) in [5.74, 6) is 2.12. The molecule has 0 aliphatic heterocycles. The lowest BCUT2D eigenvalue weighted by Gasteiger charge is -2.12. The molecule has 0 bridgehead atoms. The Bertz CT molecular complexity index is 1090. The number of aryl methyl sites for hydroxylation is 1. The molecule has 28 heavy (non-hydrogen) atoms. The molecule has 0 saturated carbocycles. The number of benzene rings is 3. The molecule has 6 heteroatoms. The van der Waals surface area contributed by atoms with Gasteiger partial charge in [0.1, 0.15) is 16.4 Å². The van der Waals surface area contributed by atoms with Crippen LogP contribution >= 0.6 is 11.9 Å². The van der Waals surface area contributed by atoms with Crippen molar-refractivity contribution >= 4 is 28.7 Å². The van der Waals surface area contributed by atoms with Gasteiger partial charge in [-0.25, -0.2) is 0 Å². The van der Waals surface area contributed by atoms with Crippen molar-refractivity contribution in [1.29, 1.82) is 0 Å². The SMILES string of the molecule is COc1cccc(OC)c1SNc1noc2c(-c3ccccc3)cc(C)cc12. The summed E-state index contributed by atoms with van der Waals surface area (Å²) in [7, 11) is 3.28. The predicted octanol–water partition coefficient (Wildman–Crippen LogP) is 5.94. The van der Waals surface area contributed by atoms with Gasteiger partial charge < -0.3 is 18.7 Å². The molecule has 0 fully saturated rings. The first-order valence-corrected chi connectivity index (χ1v) is 9.62. The number of nitrogens with zero attached hydrogens (tertiary/aromatic N) is 1. The molecule has 0 atom stereocenters. The topological polar surface area (TPSA) is 56.5 Å². The van der Waals surface area contributed by atoms with Crippen LogP contribution in [0.4, 0.5) is 5.82 Å². The number of methoxy groups -OCH3 is 2. The molecule has 1 heterocycles. The molecule has 4 aromatic rings. The van der Waals surface area contributed by atoms with Crippen molar-refractivity contribution in [2.24, 2.45) is 0 Å². The molecule has 3 aromatic carbocycles. The number of anilines is 1. The van der Waals surface area contributed by atoms with Crippen LogP contribution in [0.25, 0.3) is 22.1 Å². The maximum absolute atomic E-state index is 5.70. The van der Waals surface area contributed by atoms with Crippen LogP contribution in [-0.2, 0) is 0 Å². The van der Waals surface area contributed by atoms with E-state index >= 15 is 0 Å². The highest BCUT2D eigenvalue weighted by atomic mass is 32.2. The second kappa shape index (κ2) is 7.86. The van der Waals surface area contributed by atoms with Gasteiger partial charge in [0, 0.05) is 5.56 Å². The smallest absolute Gasteiger partial charge is 0.187 e. The summed E-state index contributed by atoms with van der Waals surface area (Å²) in [5.41, 5.74) is 4.01. The van der Waals surface area contributed by atoms with Gasteiger partial charge in [-0.1, -0.05) is 41.6 Å². The summed E-state index contributed by atoms with van der Waals surface area (Å²) < 4.78 is 19.9. The number of aromatic nitrogens is 1. The minimum atomic E-state index is 0.661. The summed E-state index contributed by atoms with van der Waals surface area (Å²) in [6.07, 6.45) is 0. The normalized spacial score (nSPS) is 10.8. The van der Waals surface area contributed by atoms with Crippen molar-refractivity contribution in [3.05, 3.63) is 66.2 Å². The highest BCUT2D eigenvalue weighted by molar-refractivity contribution is 8.00. The Morgan fingerprint density at radius 1 is 0.929 bits per heavy atom. The molecule has 0 aliphatic rings. The maximum Gasteiger partial charge on any atom is 0.187 e. The van der Waals surface area contributed by atoms with Gasteiger partial charge in [-0.3, -0.25) is 0 Å². The van der Waals surface area contributed by atoms with E-state index in [1.807, 2.05) is 36.4 Å². The second-order valence-electron chi connectivity index (χ2n) is 6.28. The van der Waals surface area contributed by atoms with Crippen LogP contribution in [0.15, 0.2) is 70.1 Å². The Labute approximate surface area is 167 Å². The second-order valence-corrected chi connectivity index (χ2v) is 7.10. The molecule has 1 N–H and O–H groups in total. The fraction of sp³-hybridized carbons (Fsp3) is 0.136. The Kier molecular flexibility index (Phi) is 5.12. The lowest BCUT2D eigenvalue weighted by molar-refractivity contribution is 0.376. The highest BCUT2D eigenvalue weighted by Crippen LogP contribution is 2.40. The van der Waals surface area contributed by atoms with Crippen LogP contribution in [0.1, 0.15) is 5.56 Å². The van der Waals surface area contributed by atoms with Crippen LogP contribution in [0.2, 0.25) is 0 Å². The number of hydrogen-bond donors (Lipinski definition) is 1. The number of rotatable bonds is 6. The van der Waals surface area contributed by atoms with Gasteiger partial charge >= 0.3 is 0 Å². The molecule has 1 aromatic heterocycles. The van der Waals surface area contributed by atoms with Gasteiger partial charge in [0.05, 0.1) is 19.6 Å². The molecule has 142 valence electrons. The molecule has 5 nitrogen and oxygen atoms in total. The summed E-state index contributed by atoms with van der Waals surface area (Å²) >= 11 is 1.38. The van der Waals surface area contributed by atoms with Crippen LogP contribution in [-0.4, -0.2) is 19.4 Å². The van der Waals surface area contributed by atoms with E-state index in [1.165, 1.54) is 11.9 Å². The Morgan fingerprint density at radius 3 is 2.32 bits per heavy atom. The number of hydrogen-bond acceptors (Lipinski definition) is 6. The third kappa shape index (κ3) is 3.39. The first-order valence-electron chi connectivity index (χ1n) is 8.80. The molecule has 0 amide bonds. The van der Waals surface area contributed by atoms with Gasteiger partial charge in [-0.2, -0.15) is 0 Å². The fourth-order valence-electron chi connectivity index (χ4n) is 3.11. The van der Waals surface area contributed by atoms with E-state index in [-0.39, 0.29) is 0 Å². The van der Waals surface area contributed by atoms with E-state index in [1.54, 1.807) is 14.2 Å². The predicted molar refractivity (Wildman–Crippen MR) is 113 cm³/mol. The Morgan fingerprint density at radius 2 is 1.64 bits per heavy atom. The van der Waals surface area contributed by atoms with Gasteiger partial charge in [0.2, 0.25) is 0 Å². The van der Waals surface area contributed by atoms with Gasteiger partial charge in [0.15, 0.2) is 11.4 Å². The summed E-state index contributed by atoms with van der Waals surface area (Å²) in [5, 5.41) is 5.19. The van der Waals surface area contributed by atoms with Gasteiger partial charge in [0.25, 0.3) is 0 Å². The van der Waals surface area contributed by atoms with Crippen LogP contribution in [0.3, 0.4) is 0 Å². The lowest BCUT2D eigenvalue weighted by Crippen LogP contribution is -1.95. The van der Waals surface area contributed by atoms with E-state index in [9.17, 15) is 0 Å². The van der Waals surface area contributed by atoms with Crippen LogP contribution in [0, 0.1) is 6.92 Å². The summed E-state index contributed by atoms with van der Waals surface area (Å²) in [4.78, 5) is 0.847. The van der Waals surface area contributed by atoms with Crippen molar-refractivity contribution in [3.8, 4) is 22.6 Å². The van der Waals surface area contributed by atoms with Gasteiger partial charge in [-0.05, 0) is 54.3 Å². The number of nitrogens with one attached hydrogen (secondary N) is 1. The quantitative estimate of drug-likeness (QED) is 0.410. The van der Waals surface area contributed by atoms with E-state index in [0.717, 1.165) is 44.1 Å². The van der Waals surface area contributed by atoms with E-state index in [0.29, 0.717) is 5.82 Å². The molecule has 0 unspecified atom stereocenters. The molecular formula is C22H20N2O3S. The Balaban J connectivity index is 1.71. The molecular weight excluding hydrogens is 372 g/mol. The van der Waals surface area contributed by atoms with Crippen molar-refractivity contribution in [1.82, 2.24) is 5.16 Å². The van der Waals surface area contributed by atoms with E-state index < -0.39 is 0 Å². The standard InChI is InChI=1S/C22H20N2O3S/c1-14-12-16(15-8-5-4-6-9-15)20-17(13-14)22(23-27-20)24-28-21-18(25-2)10-7-11-19(21)26-3/h4-13H,1-3H3,(H,23,24). The first kappa shape index (κ1) is 18.3. The van der Waals surface area contributed by atoms with E-state index in [4.69, 9.17) is 14.0 Å². The summed E-state index contributed by atoms with van der Waals surface area (Å²) in [6, 6.07) is 20.0. The molecule has 0 saturated heterocycles. The van der Waals surface area contributed by atoms with E-state index in [2.05, 4.69) is 41.1 Å². The molecule has 0 radical (unpaired) electrons. The average molecular weight is 392 g/mol. The highest BCUT2D eigenvalue weighted by Gasteiger charge is 2.17. The largest absolute Gasteiger partial charge is 0.495 e. The zero-order chi connectivity index (χ0) is 19.5. The third-order valence-corrected chi connectivity index (χ3v) is 5.34. The van der Waals surface area contributed by atoms with Crippen molar-refractivity contribution in [3.63, 3.8) is 0 Å². The fourth-order valence-corrected chi connectivity index (χ4v) is 3.96. The zero-order valence-electron chi connectivity index (χ0n) is 15.9.